The Morgan fingerprint density at radius 1 is 1.60 bits per heavy atom. The lowest BCUT2D eigenvalue weighted by Gasteiger charge is -2.12. The van der Waals surface area contributed by atoms with Gasteiger partial charge in [-0.05, 0) is 25.8 Å². The topological polar surface area (TPSA) is 51.5 Å². The molecule has 0 radical (unpaired) electrons. The molecule has 1 saturated carbocycles. The molecule has 15 heavy (non-hydrogen) atoms. The van der Waals surface area contributed by atoms with E-state index >= 15 is 0 Å². The molecular weight excluding hydrogens is 194 g/mol. The highest BCUT2D eigenvalue weighted by atomic mass is 16.5. The Balaban J connectivity index is 1.91. The molecule has 1 aliphatic carbocycles. The van der Waals surface area contributed by atoms with Crippen molar-refractivity contribution < 1.29 is 13.9 Å². The first-order valence-electron chi connectivity index (χ1n) is 5.05. The molecule has 0 unspecified atom stereocenters. The molecule has 0 amide bonds. The van der Waals surface area contributed by atoms with Crippen molar-refractivity contribution in [2.75, 3.05) is 19.0 Å². The molecule has 1 aromatic rings. The largest absolute Gasteiger partial charge is 0.469 e. The highest BCUT2D eigenvalue weighted by Gasteiger charge is 2.50. The molecule has 2 rings (SSSR count). The van der Waals surface area contributed by atoms with Gasteiger partial charge in [0, 0.05) is 12.6 Å². The molecule has 0 spiro atoms. The second-order valence-electron chi connectivity index (χ2n) is 4.04. The lowest BCUT2D eigenvalue weighted by Crippen LogP contribution is -2.25. The number of methoxy groups -OCH3 is 1. The normalized spacial score (nSPS) is 17.2. The summed E-state index contributed by atoms with van der Waals surface area (Å²) < 4.78 is 10.1. The quantitative estimate of drug-likeness (QED) is 0.770. The number of nitrogens with one attached hydrogen (secondary N) is 1. The van der Waals surface area contributed by atoms with Crippen LogP contribution in [0.15, 0.2) is 16.5 Å². The maximum atomic E-state index is 11.4. The molecular formula is C11H15NO3. The van der Waals surface area contributed by atoms with Crippen LogP contribution in [0.25, 0.3) is 0 Å². The molecule has 1 N–H and O–H groups in total. The van der Waals surface area contributed by atoms with E-state index in [1.807, 2.05) is 19.1 Å². The van der Waals surface area contributed by atoms with Gasteiger partial charge in [0.15, 0.2) is 5.88 Å². The maximum absolute atomic E-state index is 11.4. The smallest absolute Gasteiger partial charge is 0.313 e. The summed E-state index contributed by atoms with van der Waals surface area (Å²) in [5, 5.41) is 3.12. The molecule has 4 heteroatoms. The van der Waals surface area contributed by atoms with E-state index in [0.29, 0.717) is 12.4 Å². The molecule has 0 bridgehead atoms. The van der Waals surface area contributed by atoms with Gasteiger partial charge in [-0.25, -0.2) is 0 Å². The summed E-state index contributed by atoms with van der Waals surface area (Å²) >= 11 is 0. The van der Waals surface area contributed by atoms with E-state index in [2.05, 4.69) is 5.32 Å². The van der Waals surface area contributed by atoms with Crippen LogP contribution in [0.1, 0.15) is 18.6 Å². The molecule has 1 aromatic heterocycles. The minimum Gasteiger partial charge on any atom is -0.469 e. The second-order valence-corrected chi connectivity index (χ2v) is 4.04. The molecule has 1 aliphatic rings. The van der Waals surface area contributed by atoms with Crippen LogP contribution in [-0.4, -0.2) is 19.6 Å². The summed E-state index contributed by atoms with van der Waals surface area (Å²) in [6.07, 6.45) is 1.79. The Morgan fingerprint density at radius 2 is 2.33 bits per heavy atom. The van der Waals surface area contributed by atoms with Crippen molar-refractivity contribution in [2.45, 2.75) is 19.8 Å². The zero-order valence-electron chi connectivity index (χ0n) is 9.00. The first-order valence-corrected chi connectivity index (χ1v) is 5.05. The maximum Gasteiger partial charge on any atom is 0.313 e. The van der Waals surface area contributed by atoms with Crippen LogP contribution in [0.2, 0.25) is 0 Å². The van der Waals surface area contributed by atoms with Crippen molar-refractivity contribution in [1.29, 1.82) is 0 Å². The standard InChI is InChI=1S/C11H15NO3/c1-8-3-4-9(15-8)12-7-11(5-6-11)10(13)14-2/h3-4,12H,5-7H2,1-2H3. The minimum absolute atomic E-state index is 0.127. The number of carbonyl (C=O) groups is 1. The van der Waals surface area contributed by atoms with Crippen LogP contribution in [0.3, 0.4) is 0 Å². The number of hydrogen-bond acceptors (Lipinski definition) is 4. The van der Waals surface area contributed by atoms with E-state index in [4.69, 9.17) is 9.15 Å². The van der Waals surface area contributed by atoms with Gasteiger partial charge < -0.3 is 14.5 Å². The van der Waals surface area contributed by atoms with Crippen LogP contribution < -0.4 is 5.32 Å². The molecule has 1 heterocycles. The van der Waals surface area contributed by atoms with Crippen LogP contribution in [0.5, 0.6) is 0 Å². The minimum atomic E-state index is -0.310. The third kappa shape index (κ3) is 1.98. The van der Waals surface area contributed by atoms with Gasteiger partial charge in [-0.2, -0.15) is 0 Å². The van der Waals surface area contributed by atoms with Gasteiger partial charge in [0.1, 0.15) is 5.76 Å². The van der Waals surface area contributed by atoms with Gasteiger partial charge in [0.25, 0.3) is 0 Å². The van der Waals surface area contributed by atoms with Crippen molar-refractivity contribution in [1.82, 2.24) is 0 Å². The number of aryl methyl sites for hydroxylation is 1. The predicted octanol–water partition coefficient (Wildman–Crippen LogP) is 1.95. The van der Waals surface area contributed by atoms with E-state index in [9.17, 15) is 4.79 Å². The summed E-state index contributed by atoms with van der Waals surface area (Å²) in [5.74, 6) is 1.45. The number of carbonyl (C=O) groups excluding carboxylic acids is 1. The predicted molar refractivity (Wildman–Crippen MR) is 55.6 cm³/mol. The summed E-state index contributed by atoms with van der Waals surface area (Å²) in [5.41, 5.74) is -0.310. The fourth-order valence-corrected chi connectivity index (χ4v) is 1.61. The fraction of sp³-hybridized carbons (Fsp3) is 0.545. The number of anilines is 1. The van der Waals surface area contributed by atoms with Crippen molar-refractivity contribution >= 4 is 11.9 Å². The molecule has 0 aromatic carbocycles. The van der Waals surface area contributed by atoms with Gasteiger partial charge in [-0.15, -0.1) is 0 Å². The molecule has 0 aliphatic heterocycles. The van der Waals surface area contributed by atoms with Crippen molar-refractivity contribution in [3.63, 3.8) is 0 Å². The third-order valence-electron chi connectivity index (χ3n) is 2.81. The van der Waals surface area contributed by atoms with E-state index < -0.39 is 0 Å². The summed E-state index contributed by atoms with van der Waals surface area (Å²) in [6.45, 7) is 2.48. The lowest BCUT2D eigenvalue weighted by molar-refractivity contribution is -0.146. The van der Waals surface area contributed by atoms with Crippen LogP contribution in [0.4, 0.5) is 5.88 Å². The number of furan rings is 1. The van der Waals surface area contributed by atoms with Crippen LogP contribution in [-0.2, 0) is 9.53 Å². The molecule has 0 saturated heterocycles. The molecule has 4 nitrogen and oxygen atoms in total. The average Bonchev–Trinajstić information content (AvgIpc) is 2.93. The zero-order chi connectivity index (χ0) is 10.9. The number of esters is 1. The highest BCUT2D eigenvalue weighted by molar-refractivity contribution is 5.80. The number of ether oxygens (including phenoxy) is 1. The van der Waals surface area contributed by atoms with E-state index in [1.54, 1.807) is 0 Å². The Bertz CT molecular complexity index is 366. The van der Waals surface area contributed by atoms with Crippen molar-refractivity contribution in [3.05, 3.63) is 17.9 Å². The molecule has 0 atom stereocenters. The van der Waals surface area contributed by atoms with Gasteiger partial charge in [0.2, 0.25) is 0 Å². The zero-order valence-corrected chi connectivity index (χ0v) is 9.00. The lowest BCUT2D eigenvalue weighted by atomic mass is 10.1. The average molecular weight is 209 g/mol. The SMILES string of the molecule is COC(=O)C1(CNc2ccc(C)o2)CC1. The van der Waals surface area contributed by atoms with Gasteiger partial charge in [0.05, 0.1) is 12.5 Å². The summed E-state index contributed by atoms with van der Waals surface area (Å²) in [7, 11) is 1.43. The molecule has 82 valence electrons. The van der Waals surface area contributed by atoms with Crippen LogP contribution in [0, 0.1) is 12.3 Å². The van der Waals surface area contributed by atoms with Crippen molar-refractivity contribution in [3.8, 4) is 0 Å². The van der Waals surface area contributed by atoms with Gasteiger partial charge >= 0.3 is 5.97 Å². The first kappa shape index (κ1) is 10.1. The summed E-state index contributed by atoms with van der Waals surface area (Å²) in [6, 6.07) is 3.75. The Hall–Kier alpha value is -1.45. The highest BCUT2D eigenvalue weighted by Crippen LogP contribution is 2.46. The monoisotopic (exact) mass is 209 g/mol. The van der Waals surface area contributed by atoms with Gasteiger partial charge in [-0.1, -0.05) is 0 Å². The Labute approximate surface area is 88.6 Å². The molecule has 1 fully saturated rings. The summed E-state index contributed by atoms with van der Waals surface area (Å²) in [4.78, 5) is 11.4. The fourth-order valence-electron chi connectivity index (χ4n) is 1.61. The first-order chi connectivity index (χ1) is 7.16. The van der Waals surface area contributed by atoms with Gasteiger partial charge in [-0.3, -0.25) is 4.79 Å². The number of hydrogen-bond donors (Lipinski definition) is 1. The van der Waals surface area contributed by atoms with E-state index in [-0.39, 0.29) is 11.4 Å². The van der Waals surface area contributed by atoms with Crippen molar-refractivity contribution in [2.24, 2.45) is 5.41 Å². The Kier molecular flexibility index (Phi) is 2.42. The Morgan fingerprint density at radius 3 is 2.80 bits per heavy atom. The second kappa shape index (κ2) is 3.61. The number of rotatable bonds is 4. The van der Waals surface area contributed by atoms with E-state index in [0.717, 1.165) is 18.6 Å². The van der Waals surface area contributed by atoms with Crippen LogP contribution >= 0.6 is 0 Å². The third-order valence-corrected chi connectivity index (χ3v) is 2.81. The van der Waals surface area contributed by atoms with E-state index in [1.165, 1.54) is 7.11 Å².